The van der Waals surface area contributed by atoms with Gasteiger partial charge >= 0.3 is 0 Å². The summed E-state index contributed by atoms with van der Waals surface area (Å²) in [4.78, 5) is 2.16. The SMILES string of the molecule is CN(C)CCCNc1nnc(-c2ccc(F)cc2)cc1-c1ccccc1. The lowest BCUT2D eigenvalue weighted by molar-refractivity contribution is 0.405. The number of aromatic nitrogens is 2. The summed E-state index contributed by atoms with van der Waals surface area (Å²) in [7, 11) is 4.12. The second kappa shape index (κ2) is 8.54. The van der Waals surface area contributed by atoms with Crippen molar-refractivity contribution in [3.8, 4) is 22.4 Å². The van der Waals surface area contributed by atoms with Crippen LogP contribution < -0.4 is 5.32 Å². The summed E-state index contributed by atoms with van der Waals surface area (Å²) in [5.74, 6) is 0.505. The van der Waals surface area contributed by atoms with Crippen LogP contribution in [0.4, 0.5) is 10.2 Å². The van der Waals surface area contributed by atoms with Gasteiger partial charge in [0.1, 0.15) is 5.82 Å². The van der Waals surface area contributed by atoms with Crippen molar-refractivity contribution in [3.05, 3.63) is 66.5 Å². The number of hydrogen-bond donors (Lipinski definition) is 1. The van der Waals surface area contributed by atoms with Gasteiger partial charge in [0.05, 0.1) is 5.69 Å². The molecule has 0 radical (unpaired) electrons. The fourth-order valence-electron chi connectivity index (χ4n) is 2.72. The first-order chi connectivity index (χ1) is 12.6. The molecule has 0 amide bonds. The fourth-order valence-corrected chi connectivity index (χ4v) is 2.72. The Morgan fingerprint density at radius 1 is 0.923 bits per heavy atom. The summed E-state index contributed by atoms with van der Waals surface area (Å²) >= 11 is 0. The van der Waals surface area contributed by atoms with Crippen LogP contribution in [-0.2, 0) is 0 Å². The Morgan fingerprint density at radius 2 is 1.65 bits per heavy atom. The molecule has 2 aromatic carbocycles. The predicted octanol–water partition coefficient (Wildman–Crippen LogP) is 4.31. The minimum absolute atomic E-state index is 0.260. The minimum atomic E-state index is -0.260. The summed E-state index contributed by atoms with van der Waals surface area (Å²) in [6.45, 7) is 1.83. The Balaban J connectivity index is 1.90. The van der Waals surface area contributed by atoms with Crippen molar-refractivity contribution in [1.29, 1.82) is 0 Å². The molecule has 5 heteroatoms. The van der Waals surface area contributed by atoms with Gasteiger partial charge in [0.25, 0.3) is 0 Å². The van der Waals surface area contributed by atoms with Gasteiger partial charge in [-0.2, -0.15) is 0 Å². The fraction of sp³-hybridized carbons (Fsp3) is 0.238. The van der Waals surface area contributed by atoms with Crippen LogP contribution in [0.15, 0.2) is 60.7 Å². The van der Waals surface area contributed by atoms with E-state index >= 15 is 0 Å². The zero-order valence-corrected chi connectivity index (χ0v) is 15.1. The Hall–Kier alpha value is -2.79. The highest BCUT2D eigenvalue weighted by molar-refractivity contribution is 5.78. The van der Waals surface area contributed by atoms with Crippen molar-refractivity contribution in [2.45, 2.75) is 6.42 Å². The van der Waals surface area contributed by atoms with Crippen LogP contribution in [0.25, 0.3) is 22.4 Å². The number of benzene rings is 2. The highest BCUT2D eigenvalue weighted by Gasteiger charge is 2.11. The van der Waals surface area contributed by atoms with Gasteiger partial charge in [-0.25, -0.2) is 4.39 Å². The van der Waals surface area contributed by atoms with E-state index in [2.05, 4.69) is 46.6 Å². The maximum absolute atomic E-state index is 13.2. The Morgan fingerprint density at radius 3 is 2.35 bits per heavy atom. The molecule has 26 heavy (non-hydrogen) atoms. The molecule has 1 N–H and O–H groups in total. The van der Waals surface area contributed by atoms with E-state index < -0.39 is 0 Å². The highest BCUT2D eigenvalue weighted by Crippen LogP contribution is 2.29. The molecule has 1 aromatic heterocycles. The molecule has 1 heterocycles. The van der Waals surface area contributed by atoms with E-state index in [1.165, 1.54) is 12.1 Å². The molecule has 0 saturated heterocycles. The van der Waals surface area contributed by atoms with E-state index in [-0.39, 0.29) is 5.82 Å². The molecule has 0 bridgehead atoms. The van der Waals surface area contributed by atoms with E-state index in [9.17, 15) is 4.39 Å². The lowest BCUT2D eigenvalue weighted by Crippen LogP contribution is -2.17. The van der Waals surface area contributed by atoms with Crippen LogP contribution in [0.3, 0.4) is 0 Å². The van der Waals surface area contributed by atoms with Crippen molar-refractivity contribution < 1.29 is 4.39 Å². The van der Waals surface area contributed by atoms with Crippen molar-refractivity contribution in [3.63, 3.8) is 0 Å². The van der Waals surface area contributed by atoms with Gasteiger partial charge < -0.3 is 10.2 Å². The summed E-state index contributed by atoms with van der Waals surface area (Å²) in [6, 6.07) is 18.4. The highest BCUT2D eigenvalue weighted by atomic mass is 19.1. The average molecular weight is 350 g/mol. The molecule has 0 spiro atoms. The number of nitrogens with one attached hydrogen (secondary N) is 1. The molecule has 3 rings (SSSR count). The third-order valence-electron chi connectivity index (χ3n) is 4.09. The van der Waals surface area contributed by atoms with Crippen molar-refractivity contribution in [2.24, 2.45) is 0 Å². The Kier molecular flexibility index (Phi) is 5.92. The standard InChI is InChI=1S/C21H23FN4/c1-26(2)14-6-13-23-21-19(16-7-4-3-5-8-16)15-20(24-25-21)17-9-11-18(22)12-10-17/h3-5,7-12,15H,6,13-14H2,1-2H3,(H,23,25). The second-order valence-electron chi connectivity index (χ2n) is 6.45. The van der Waals surface area contributed by atoms with Gasteiger partial charge in [0.15, 0.2) is 5.82 Å². The smallest absolute Gasteiger partial charge is 0.156 e. The van der Waals surface area contributed by atoms with E-state index in [0.717, 1.165) is 47.7 Å². The lowest BCUT2D eigenvalue weighted by atomic mass is 10.0. The summed E-state index contributed by atoms with van der Waals surface area (Å²) < 4.78 is 13.2. The van der Waals surface area contributed by atoms with E-state index in [0.29, 0.717) is 0 Å². The predicted molar refractivity (Wildman–Crippen MR) is 105 cm³/mol. The molecule has 0 unspecified atom stereocenters. The molecule has 0 aliphatic rings. The average Bonchev–Trinajstić information content (AvgIpc) is 2.66. The third-order valence-corrected chi connectivity index (χ3v) is 4.09. The first kappa shape index (κ1) is 18.0. The van der Waals surface area contributed by atoms with Crippen LogP contribution in [0.5, 0.6) is 0 Å². The van der Waals surface area contributed by atoms with Gasteiger partial charge in [-0.05, 0) is 63.0 Å². The molecule has 0 saturated carbocycles. The molecule has 3 aromatic rings. The van der Waals surface area contributed by atoms with E-state index in [1.54, 1.807) is 12.1 Å². The molecular formula is C21H23FN4. The molecule has 0 aliphatic carbocycles. The molecule has 0 aliphatic heterocycles. The first-order valence-corrected chi connectivity index (χ1v) is 8.71. The van der Waals surface area contributed by atoms with Gasteiger partial charge in [0, 0.05) is 17.7 Å². The van der Waals surface area contributed by atoms with Crippen molar-refractivity contribution >= 4 is 5.82 Å². The summed E-state index contributed by atoms with van der Waals surface area (Å²) in [6.07, 6.45) is 1.02. The van der Waals surface area contributed by atoms with Gasteiger partial charge in [-0.3, -0.25) is 0 Å². The van der Waals surface area contributed by atoms with Crippen LogP contribution in [-0.4, -0.2) is 42.3 Å². The maximum Gasteiger partial charge on any atom is 0.156 e. The number of hydrogen-bond acceptors (Lipinski definition) is 4. The molecule has 4 nitrogen and oxygen atoms in total. The van der Waals surface area contributed by atoms with Crippen molar-refractivity contribution in [1.82, 2.24) is 15.1 Å². The van der Waals surface area contributed by atoms with Crippen molar-refractivity contribution in [2.75, 3.05) is 32.5 Å². The van der Waals surface area contributed by atoms with E-state index in [1.807, 2.05) is 24.3 Å². The second-order valence-corrected chi connectivity index (χ2v) is 6.45. The maximum atomic E-state index is 13.2. The van der Waals surface area contributed by atoms with Gasteiger partial charge in [0.2, 0.25) is 0 Å². The largest absolute Gasteiger partial charge is 0.368 e. The van der Waals surface area contributed by atoms with Gasteiger partial charge in [-0.15, -0.1) is 10.2 Å². The Labute approximate surface area is 153 Å². The Bertz CT molecular complexity index is 832. The third kappa shape index (κ3) is 4.64. The first-order valence-electron chi connectivity index (χ1n) is 8.71. The molecular weight excluding hydrogens is 327 g/mol. The topological polar surface area (TPSA) is 41.0 Å². The number of rotatable bonds is 7. The van der Waals surface area contributed by atoms with Gasteiger partial charge in [-0.1, -0.05) is 30.3 Å². The molecule has 0 atom stereocenters. The normalized spacial score (nSPS) is 10.9. The zero-order valence-electron chi connectivity index (χ0n) is 15.1. The molecule has 134 valence electrons. The van der Waals surface area contributed by atoms with Crippen LogP contribution in [0.2, 0.25) is 0 Å². The summed E-state index contributed by atoms with van der Waals surface area (Å²) in [5, 5.41) is 12.1. The number of halogens is 1. The number of nitrogens with zero attached hydrogens (tertiary/aromatic N) is 3. The minimum Gasteiger partial charge on any atom is -0.368 e. The van der Waals surface area contributed by atoms with Crippen LogP contribution in [0.1, 0.15) is 6.42 Å². The quantitative estimate of drug-likeness (QED) is 0.645. The zero-order chi connectivity index (χ0) is 18.4. The summed E-state index contributed by atoms with van der Waals surface area (Å²) in [5.41, 5.74) is 3.63. The lowest BCUT2D eigenvalue weighted by Gasteiger charge is -2.14. The molecule has 0 fully saturated rings. The monoisotopic (exact) mass is 350 g/mol. The van der Waals surface area contributed by atoms with Crippen LogP contribution >= 0.6 is 0 Å². The number of anilines is 1. The van der Waals surface area contributed by atoms with E-state index in [4.69, 9.17) is 0 Å². The van der Waals surface area contributed by atoms with Crippen LogP contribution in [0, 0.1) is 5.82 Å².